The molecule has 0 heterocycles. The van der Waals surface area contributed by atoms with Crippen LogP contribution in [-0.2, 0) is 6.54 Å². The number of ether oxygens (including phenoxy) is 2. The first-order valence-corrected chi connectivity index (χ1v) is 7.16. The average Bonchev–Trinajstić information content (AvgIpc) is 2.40. The van der Waals surface area contributed by atoms with Gasteiger partial charge in [0.15, 0.2) is 11.5 Å². The van der Waals surface area contributed by atoms with Gasteiger partial charge < -0.3 is 14.8 Å². The first-order valence-electron chi connectivity index (χ1n) is 7.16. The second-order valence-corrected chi connectivity index (χ2v) is 5.24. The Morgan fingerprint density at radius 2 is 1.60 bits per heavy atom. The van der Waals surface area contributed by atoms with E-state index >= 15 is 0 Å². The van der Waals surface area contributed by atoms with Crippen molar-refractivity contribution >= 4 is 12.4 Å². The van der Waals surface area contributed by atoms with Crippen molar-refractivity contribution in [2.24, 2.45) is 0 Å². The summed E-state index contributed by atoms with van der Waals surface area (Å²) in [7, 11) is 0. The van der Waals surface area contributed by atoms with Gasteiger partial charge in [0.25, 0.3) is 0 Å². The quantitative estimate of drug-likeness (QED) is 0.781. The number of halogens is 1. The van der Waals surface area contributed by atoms with Gasteiger partial charge in [0.1, 0.15) is 0 Å². The maximum Gasteiger partial charge on any atom is 0.161 e. The lowest BCUT2D eigenvalue weighted by Gasteiger charge is -2.24. The summed E-state index contributed by atoms with van der Waals surface area (Å²) >= 11 is 0. The van der Waals surface area contributed by atoms with Gasteiger partial charge in [0.2, 0.25) is 0 Å². The molecule has 0 aliphatic heterocycles. The molecule has 4 heteroatoms. The lowest BCUT2D eigenvalue weighted by atomic mass is 10.0. The molecule has 0 atom stereocenters. The number of hydrogen-bond acceptors (Lipinski definition) is 3. The summed E-state index contributed by atoms with van der Waals surface area (Å²) in [5.41, 5.74) is 1.37. The third-order valence-corrected chi connectivity index (χ3v) is 3.26. The molecule has 0 amide bonds. The average molecular weight is 302 g/mol. The normalized spacial score (nSPS) is 10.8. The van der Waals surface area contributed by atoms with Crippen LogP contribution in [0.3, 0.4) is 0 Å². The molecule has 116 valence electrons. The van der Waals surface area contributed by atoms with E-state index in [1.165, 1.54) is 5.56 Å². The minimum absolute atomic E-state index is 0. The summed E-state index contributed by atoms with van der Waals surface area (Å²) in [6.07, 6.45) is 1.10. The molecule has 1 rings (SSSR count). The topological polar surface area (TPSA) is 30.5 Å². The molecule has 0 aliphatic rings. The predicted molar refractivity (Wildman–Crippen MR) is 87.2 cm³/mol. The molecule has 3 nitrogen and oxygen atoms in total. The molecule has 0 radical (unpaired) electrons. The molecule has 1 N–H and O–H groups in total. The van der Waals surface area contributed by atoms with Crippen LogP contribution in [0.1, 0.15) is 46.6 Å². The Morgan fingerprint density at radius 3 is 2.15 bits per heavy atom. The third kappa shape index (κ3) is 6.02. The van der Waals surface area contributed by atoms with Gasteiger partial charge in [-0.25, -0.2) is 0 Å². The van der Waals surface area contributed by atoms with Gasteiger partial charge in [0.05, 0.1) is 13.2 Å². The van der Waals surface area contributed by atoms with Gasteiger partial charge in [-0.05, 0) is 51.8 Å². The largest absolute Gasteiger partial charge is 0.490 e. The first-order chi connectivity index (χ1) is 9.02. The van der Waals surface area contributed by atoms with Crippen LogP contribution in [0.4, 0.5) is 0 Å². The summed E-state index contributed by atoms with van der Waals surface area (Å²) < 4.78 is 11.2. The molecule has 0 spiro atoms. The lowest BCUT2D eigenvalue weighted by Crippen LogP contribution is -2.37. The maximum absolute atomic E-state index is 5.64. The van der Waals surface area contributed by atoms with E-state index in [0.29, 0.717) is 13.2 Å². The van der Waals surface area contributed by atoms with Crippen molar-refractivity contribution in [1.82, 2.24) is 5.32 Å². The molecular weight excluding hydrogens is 274 g/mol. The molecule has 1 aromatic rings. The first kappa shape index (κ1) is 19.1. The number of hydrogen-bond donors (Lipinski definition) is 1. The van der Waals surface area contributed by atoms with E-state index in [2.05, 4.69) is 38.2 Å². The van der Waals surface area contributed by atoms with Crippen molar-refractivity contribution in [3.63, 3.8) is 0 Å². The fourth-order valence-electron chi connectivity index (χ4n) is 1.67. The Kier molecular flexibility index (Phi) is 8.67. The molecular formula is C16H28ClNO2. The molecule has 0 aromatic heterocycles. The van der Waals surface area contributed by atoms with Crippen LogP contribution in [-0.4, -0.2) is 18.8 Å². The smallest absolute Gasteiger partial charge is 0.161 e. The van der Waals surface area contributed by atoms with Crippen molar-refractivity contribution in [3.8, 4) is 11.5 Å². The summed E-state index contributed by atoms with van der Waals surface area (Å²) in [5.74, 6) is 1.65. The van der Waals surface area contributed by atoms with Gasteiger partial charge >= 0.3 is 0 Å². The third-order valence-electron chi connectivity index (χ3n) is 3.26. The van der Waals surface area contributed by atoms with E-state index in [9.17, 15) is 0 Å². The molecule has 0 fully saturated rings. The van der Waals surface area contributed by atoms with Crippen LogP contribution in [0, 0.1) is 0 Å². The van der Waals surface area contributed by atoms with Crippen LogP contribution in [0.25, 0.3) is 0 Å². The molecule has 1 aromatic carbocycles. The fourth-order valence-corrected chi connectivity index (χ4v) is 1.67. The van der Waals surface area contributed by atoms with Crippen molar-refractivity contribution < 1.29 is 9.47 Å². The van der Waals surface area contributed by atoms with Gasteiger partial charge in [-0.15, -0.1) is 12.4 Å². The zero-order valence-corrected chi connectivity index (χ0v) is 14.1. The second-order valence-electron chi connectivity index (χ2n) is 5.24. The Bertz CT molecular complexity index is 394. The summed E-state index contributed by atoms with van der Waals surface area (Å²) in [4.78, 5) is 0. The Balaban J connectivity index is 0.00000361. The molecule has 0 saturated carbocycles. The van der Waals surface area contributed by atoms with Crippen molar-refractivity contribution in [1.29, 1.82) is 0 Å². The number of rotatable bonds is 8. The Hall–Kier alpha value is -0.930. The summed E-state index contributed by atoms with van der Waals surface area (Å²) in [5, 5.41) is 3.55. The zero-order chi connectivity index (χ0) is 14.3. The van der Waals surface area contributed by atoms with E-state index in [0.717, 1.165) is 24.5 Å². The van der Waals surface area contributed by atoms with E-state index in [-0.39, 0.29) is 17.9 Å². The SMILES string of the molecule is CCOc1ccc(CNC(C)(C)CC)cc1OCC.Cl. The highest BCUT2D eigenvalue weighted by molar-refractivity contribution is 5.85. The molecule has 20 heavy (non-hydrogen) atoms. The number of benzene rings is 1. The van der Waals surface area contributed by atoms with Gasteiger partial charge in [-0.3, -0.25) is 0 Å². The fraction of sp³-hybridized carbons (Fsp3) is 0.625. The van der Waals surface area contributed by atoms with Crippen LogP contribution in [0.5, 0.6) is 11.5 Å². The minimum Gasteiger partial charge on any atom is -0.490 e. The van der Waals surface area contributed by atoms with E-state index in [1.54, 1.807) is 0 Å². The van der Waals surface area contributed by atoms with Gasteiger partial charge in [-0.1, -0.05) is 13.0 Å². The number of nitrogens with one attached hydrogen (secondary N) is 1. The zero-order valence-electron chi connectivity index (χ0n) is 13.3. The van der Waals surface area contributed by atoms with Crippen LogP contribution in [0.15, 0.2) is 18.2 Å². The van der Waals surface area contributed by atoms with E-state index in [1.807, 2.05) is 19.9 Å². The predicted octanol–water partition coefficient (Wildman–Crippen LogP) is 4.18. The van der Waals surface area contributed by atoms with Crippen molar-refractivity contribution in [3.05, 3.63) is 23.8 Å². The highest BCUT2D eigenvalue weighted by Gasteiger charge is 2.14. The van der Waals surface area contributed by atoms with Crippen molar-refractivity contribution in [2.75, 3.05) is 13.2 Å². The van der Waals surface area contributed by atoms with E-state index < -0.39 is 0 Å². The Labute approximate surface area is 129 Å². The Morgan fingerprint density at radius 1 is 1.00 bits per heavy atom. The minimum atomic E-state index is 0. The van der Waals surface area contributed by atoms with E-state index in [4.69, 9.17) is 9.47 Å². The molecule has 0 bridgehead atoms. The molecule has 0 unspecified atom stereocenters. The highest BCUT2D eigenvalue weighted by atomic mass is 35.5. The van der Waals surface area contributed by atoms with Gasteiger partial charge in [0, 0.05) is 12.1 Å². The van der Waals surface area contributed by atoms with Crippen molar-refractivity contribution in [2.45, 2.75) is 53.1 Å². The molecule has 0 aliphatic carbocycles. The lowest BCUT2D eigenvalue weighted by molar-refractivity contribution is 0.287. The monoisotopic (exact) mass is 301 g/mol. The summed E-state index contributed by atoms with van der Waals surface area (Å²) in [6.45, 7) is 12.7. The second kappa shape index (κ2) is 9.09. The van der Waals surface area contributed by atoms with Crippen LogP contribution >= 0.6 is 12.4 Å². The molecule has 0 saturated heterocycles. The summed E-state index contributed by atoms with van der Waals surface area (Å²) in [6, 6.07) is 6.14. The highest BCUT2D eigenvalue weighted by Crippen LogP contribution is 2.28. The van der Waals surface area contributed by atoms with Gasteiger partial charge in [-0.2, -0.15) is 0 Å². The standard InChI is InChI=1S/C16H27NO2.ClH/c1-6-16(4,5)17-12-13-9-10-14(18-7-2)15(11-13)19-8-3;/h9-11,17H,6-8,12H2,1-5H3;1H. The maximum atomic E-state index is 5.64. The van der Waals surface area contributed by atoms with Crippen LogP contribution in [0.2, 0.25) is 0 Å². The van der Waals surface area contributed by atoms with Crippen LogP contribution < -0.4 is 14.8 Å².